The van der Waals surface area contributed by atoms with Crippen molar-refractivity contribution < 1.29 is 23.8 Å². The third kappa shape index (κ3) is 4.35. The smallest absolute Gasteiger partial charge is 0.243 e. The van der Waals surface area contributed by atoms with E-state index < -0.39 is 0 Å². The van der Waals surface area contributed by atoms with E-state index in [0.29, 0.717) is 39.9 Å². The van der Waals surface area contributed by atoms with Gasteiger partial charge >= 0.3 is 0 Å². The monoisotopic (exact) mass is 404 g/mol. The Bertz CT molecular complexity index is 1080. The molecule has 1 aliphatic rings. The number of Topliss-reactive ketones (excluding diaryl/α,β-unsaturated/α-hetero) is 1. The van der Waals surface area contributed by atoms with Crippen LogP contribution in [0.15, 0.2) is 66.7 Å². The molecule has 3 aromatic rings. The lowest BCUT2D eigenvalue weighted by Gasteiger charge is -2.14. The lowest BCUT2D eigenvalue weighted by atomic mass is 10.1. The molecule has 0 bridgehead atoms. The Morgan fingerprint density at radius 2 is 1.63 bits per heavy atom. The Morgan fingerprint density at radius 1 is 0.933 bits per heavy atom. The number of anilines is 2. The van der Waals surface area contributed by atoms with Crippen LogP contribution in [-0.4, -0.2) is 25.0 Å². The van der Waals surface area contributed by atoms with Gasteiger partial charge in [-0.1, -0.05) is 30.3 Å². The van der Waals surface area contributed by atoms with Crippen molar-refractivity contribution in [1.82, 2.24) is 0 Å². The zero-order valence-corrected chi connectivity index (χ0v) is 16.3. The summed E-state index contributed by atoms with van der Waals surface area (Å²) in [6, 6.07) is 19.8. The van der Waals surface area contributed by atoms with Crippen molar-refractivity contribution in [3.05, 3.63) is 72.3 Å². The van der Waals surface area contributed by atoms with E-state index in [9.17, 15) is 9.59 Å². The van der Waals surface area contributed by atoms with Gasteiger partial charge in [0.25, 0.3) is 0 Å². The van der Waals surface area contributed by atoms with Gasteiger partial charge < -0.3 is 24.8 Å². The van der Waals surface area contributed by atoms with Crippen LogP contribution in [0.1, 0.15) is 17.3 Å². The van der Waals surface area contributed by atoms with Gasteiger partial charge in [-0.05, 0) is 37.3 Å². The maximum Gasteiger partial charge on any atom is 0.243 e. The summed E-state index contributed by atoms with van der Waals surface area (Å²) in [6.45, 7) is 1.52. The molecule has 2 N–H and O–H groups in total. The van der Waals surface area contributed by atoms with E-state index in [1.54, 1.807) is 24.3 Å². The highest BCUT2D eigenvalue weighted by Gasteiger charge is 2.19. The van der Waals surface area contributed by atoms with Crippen molar-refractivity contribution in [1.29, 1.82) is 0 Å². The normalized spacial score (nSPS) is 11.6. The van der Waals surface area contributed by atoms with Crippen LogP contribution in [0.5, 0.6) is 23.0 Å². The first-order valence-electron chi connectivity index (χ1n) is 9.40. The maximum absolute atomic E-state index is 12.5. The van der Waals surface area contributed by atoms with Gasteiger partial charge in [-0.3, -0.25) is 9.59 Å². The number of hydrogen-bond donors (Lipinski definition) is 2. The summed E-state index contributed by atoms with van der Waals surface area (Å²) in [7, 11) is 0. The molecule has 0 aliphatic carbocycles. The maximum atomic E-state index is 12.5. The lowest BCUT2D eigenvalue weighted by molar-refractivity contribution is -0.114. The van der Waals surface area contributed by atoms with Crippen LogP contribution in [-0.2, 0) is 4.79 Å². The predicted molar refractivity (Wildman–Crippen MR) is 113 cm³/mol. The van der Waals surface area contributed by atoms with E-state index >= 15 is 0 Å². The molecule has 0 fully saturated rings. The van der Waals surface area contributed by atoms with E-state index in [1.165, 1.54) is 6.92 Å². The van der Waals surface area contributed by atoms with E-state index in [0.717, 1.165) is 0 Å². The SMILES string of the molecule is CC(=O)c1cc2c(cc1NCC(=O)Nc1ccccc1Oc1ccccc1)OCO2. The number of carbonyl (C=O) groups is 2. The average Bonchev–Trinajstić information content (AvgIpc) is 3.21. The van der Waals surface area contributed by atoms with E-state index in [2.05, 4.69) is 10.6 Å². The van der Waals surface area contributed by atoms with E-state index in [1.807, 2.05) is 42.5 Å². The highest BCUT2D eigenvalue weighted by atomic mass is 16.7. The van der Waals surface area contributed by atoms with Crippen LogP contribution >= 0.6 is 0 Å². The first kappa shape index (κ1) is 19.3. The van der Waals surface area contributed by atoms with Crippen molar-refractivity contribution in [2.24, 2.45) is 0 Å². The summed E-state index contributed by atoms with van der Waals surface area (Å²) in [5.74, 6) is 1.82. The quantitative estimate of drug-likeness (QED) is 0.566. The molecule has 0 unspecified atom stereocenters. The number of benzene rings is 3. The van der Waals surface area contributed by atoms with Crippen molar-refractivity contribution in [3.8, 4) is 23.0 Å². The number of rotatable bonds is 7. The van der Waals surface area contributed by atoms with Crippen LogP contribution < -0.4 is 24.8 Å². The third-order valence-corrected chi connectivity index (χ3v) is 4.46. The van der Waals surface area contributed by atoms with Crippen LogP contribution in [0, 0.1) is 0 Å². The Kier molecular flexibility index (Phi) is 5.52. The fourth-order valence-corrected chi connectivity index (χ4v) is 3.02. The molecule has 0 radical (unpaired) electrons. The van der Waals surface area contributed by atoms with Gasteiger partial charge in [-0.2, -0.15) is 0 Å². The number of ketones is 1. The standard InChI is InChI=1S/C23H20N2O5/c1-15(26)17-11-21-22(29-14-28-21)12-19(17)24-13-23(27)25-18-9-5-6-10-20(18)30-16-7-3-2-4-8-16/h2-12,24H,13-14H2,1H3,(H,25,27). The minimum absolute atomic E-state index is 0.0421. The number of fused-ring (bicyclic) bond motifs is 1. The van der Waals surface area contributed by atoms with Gasteiger partial charge in [-0.15, -0.1) is 0 Å². The van der Waals surface area contributed by atoms with Crippen molar-refractivity contribution in [2.45, 2.75) is 6.92 Å². The fraction of sp³-hybridized carbons (Fsp3) is 0.130. The zero-order chi connectivity index (χ0) is 20.9. The molecular weight excluding hydrogens is 384 g/mol. The van der Waals surface area contributed by atoms with Crippen LogP contribution in [0.25, 0.3) is 0 Å². The van der Waals surface area contributed by atoms with Crippen molar-refractivity contribution >= 4 is 23.1 Å². The first-order valence-corrected chi connectivity index (χ1v) is 9.40. The molecule has 0 saturated carbocycles. The van der Waals surface area contributed by atoms with Gasteiger partial charge in [0.1, 0.15) is 5.75 Å². The Balaban J connectivity index is 1.45. The Labute approximate surface area is 173 Å². The van der Waals surface area contributed by atoms with Crippen molar-refractivity contribution in [3.63, 3.8) is 0 Å². The summed E-state index contributed by atoms with van der Waals surface area (Å²) in [5, 5.41) is 5.84. The van der Waals surface area contributed by atoms with E-state index in [-0.39, 0.29) is 25.0 Å². The minimum atomic E-state index is -0.286. The third-order valence-electron chi connectivity index (χ3n) is 4.46. The highest BCUT2D eigenvalue weighted by molar-refractivity contribution is 6.02. The molecule has 30 heavy (non-hydrogen) atoms. The fourth-order valence-electron chi connectivity index (χ4n) is 3.02. The lowest BCUT2D eigenvalue weighted by Crippen LogP contribution is -2.22. The molecule has 0 saturated heterocycles. The second-order valence-corrected chi connectivity index (χ2v) is 6.62. The van der Waals surface area contributed by atoms with Gasteiger partial charge in [0.15, 0.2) is 23.0 Å². The van der Waals surface area contributed by atoms with Gasteiger partial charge in [0, 0.05) is 17.3 Å². The number of nitrogens with one attached hydrogen (secondary N) is 2. The number of amides is 1. The largest absolute Gasteiger partial charge is 0.455 e. The zero-order valence-electron chi connectivity index (χ0n) is 16.3. The molecule has 1 heterocycles. The van der Waals surface area contributed by atoms with Crippen LogP contribution in [0.4, 0.5) is 11.4 Å². The van der Waals surface area contributed by atoms with Gasteiger partial charge in [0.2, 0.25) is 12.7 Å². The molecule has 0 aromatic heterocycles. The number of carbonyl (C=O) groups excluding carboxylic acids is 2. The first-order chi connectivity index (χ1) is 14.6. The Hall–Kier alpha value is -4.00. The average molecular weight is 404 g/mol. The second-order valence-electron chi connectivity index (χ2n) is 6.62. The molecule has 7 heteroatoms. The molecule has 1 amide bonds. The van der Waals surface area contributed by atoms with Gasteiger partial charge in [-0.25, -0.2) is 0 Å². The van der Waals surface area contributed by atoms with Crippen molar-refractivity contribution in [2.75, 3.05) is 24.0 Å². The molecule has 1 aliphatic heterocycles. The van der Waals surface area contributed by atoms with E-state index in [4.69, 9.17) is 14.2 Å². The molecule has 152 valence electrons. The van der Waals surface area contributed by atoms with Crippen LogP contribution in [0.2, 0.25) is 0 Å². The Morgan fingerprint density at radius 3 is 2.40 bits per heavy atom. The molecule has 7 nitrogen and oxygen atoms in total. The predicted octanol–water partition coefficient (Wildman–Crippen LogP) is 4.46. The molecule has 0 spiro atoms. The number of para-hydroxylation sites is 3. The summed E-state index contributed by atoms with van der Waals surface area (Å²) in [4.78, 5) is 24.5. The summed E-state index contributed by atoms with van der Waals surface area (Å²) < 4.78 is 16.5. The minimum Gasteiger partial charge on any atom is -0.455 e. The van der Waals surface area contributed by atoms with Gasteiger partial charge in [0.05, 0.1) is 12.2 Å². The summed E-state index contributed by atoms with van der Waals surface area (Å²) in [5.41, 5.74) is 1.49. The summed E-state index contributed by atoms with van der Waals surface area (Å²) in [6.07, 6.45) is 0. The van der Waals surface area contributed by atoms with Crippen LogP contribution in [0.3, 0.4) is 0 Å². The molecule has 0 atom stereocenters. The second kappa shape index (κ2) is 8.57. The topological polar surface area (TPSA) is 85.9 Å². The highest BCUT2D eigenvalue weighted by Crippen LogP contribution is 2.37. The number of ether oxygens (including phenoxy) is 3. The number of hydrogen-bond acceptors (Lipinski definition) is 6. The summed E-state index contributed by atoms with van der Waals surface area (Å²) >= 11 is 0. The molecular formula is C23H20N2O5. The molecule has 4 rings (SSSR count). The molecule has 3 aromatic carbocycles.